The van der Waals surface area contributed by atoms with Gasteiger partial charge in [-0.2, -0.15) is 5.10 Å². The van der Waals surface area contributed by atoms with Gasteiger partial charge in [0.2, 0.25) is 0 Å². The molecule has 0 fully saturated rings. The van der Waals surface area contributed by atoms with Gasteiger partial charge in [-0.15, -0.1) is 0 Å². The van der Waals surface area contributed by atoms with Gasteiger partial charge in [-0.05, 0) is 36.8 Å². The zero-order valence-corrected chi connectivity index (χ0v) is 17.7. The summed E-state index contributed by atoms with van der Waals surface area (Å²) in [4.78, 5) is 37.6. The molecule has 10 heteroatoms. The first-order chi connectivity index (χ1) is 15.5. The number of carbonyl (C=O) groups excluding carboxylic acids is 3. The van der Waals surface area contributed by atoms with Crippen molar-refractivity contribution < 1.29 is 23.9 Å². The van der Waals surface area contributed by atoms with Gasteiger partial charge in [0.05, 0.1) is 41.2 Å². The van der Waals surface area contributed by atoms with E-state index in [1.807, 2.05) is 0 Å². The van der Waals surface area contributed by atoms with Crippen LogP contribution in [0.4, 0.5) is 4.79 Å². The summed E-state index contributed by atoms with van der Waals surface area (Å²) in [6.45, 7) is 1.49. The first-order valence-corrected chi connectivity index (χ1v) is 10.2. The molecule has 3 aromatic rings. The van der Waals surface area contributed by atoms with E-state index in [9.17, 15) is 14.4 Å². The second-order valence-electron chi connectivity index (χ2n) is 6.94. The van der Waals surface area contributed by atoms with Crippen LogP contribution in [0, 0.1) is 0 Å². The molecule has 0 saturated heterocycles. The first kappa shape index (κ1) is 21.4. The highest BCUT2D eigenvalue weighted by Gasteiger charge is 2.34. The summed E-state index contributed by atoms with van der Waals surface area (Å²) in [6, 6.07) is 10.3. The van der Waals surface area contributed by atoms with E-state index in [-0.39, 0.29) is 24.5 Å². The number of aromatic amines is 1. The summed E-state index contributed by atoms with van der Waals surface area (Å²) in [5.41, 5.74) is 1.90. The van der Waals surface area contributed by atoms with E-state index in [4.69, 9.17) is 21.1 Å². The Bertz CT molecular complexity index is 1220. The van der Waals surface area contributed by atoms with Gasteiger partial charge in [-0.3, -0.25) is 5.10 Å². The molecule has 0 bridgehead atoms. The van der Waals surface area contributed by atoms with Gasteiger partial charge < -0.3 is 20.1 Å². The molecule has 1 aliphatic rings. The van der Waals surface area contributed by atoms with Crippen LogP contribution in [0.15, 0.2) is 59.9 Å². The predicted octanol–water partition coefficient (Wildman–Crippen LogP) is 3.24. The standard InChI is InChI=1S/C22H19ClN4O5/c1-2-31-21(29)18-17(25-22(30)26-19(18)12-5-7-15(23)8-6-12)11-32-20(28)13-3-4-14-10-24-27-16(14)9-13/h3-10,19H,2,11H2,1H3,(H,24,27)(H2,25,26,30). The van der Waals surface area contributed by atoms with E-state index < -0.39 is 24.0 Å². The molecule has 2 heterocycles. The molecule has 3 N–H and O–H groups in total. The van der Waals surface area contributed by atoms with E-state index in [2.05, 4.69) is 20.8 Å². The lowest BCUT2D eigenvalue weighted by molar-refractivity contribution is -0.139. The van der Waals surface area contributed by atoms with E-state index in [0.29, 0.717) is 21.7 Å². The summed E-state index contributed by atoms with van der Waals surface area (Å²) >= 11 is 5.96. The molecule has 32 heavy (non-hydrogen) atoms. The van der Waals surface area contributed by atoms with Crippen molar-refractivity contribution in [2.24, 2.45) is 0 Å². The van der Waals surface area contributed by atoms with Crippen molar-refractivity contribution in [1.82, 2.24) is 20.8 Å². The van der Waals surface area contributed by atoms with Crippen LogP contribution in [-0.2, 0) is 14.3 Å². The van der Waals surface area contributed by atoms with Crippen LogP contribution >= 0.6 is 11.6 Å². The van der Waals surface area contributed by atoms with Crippen LogP contribution in [0.1, 0.15) is 28.9 Å². The smallest absolute Gasteiger partial charge is 0.338 e. The number of hydrogen-bond acceptors (Lipinski definition) is 6. The van der Waals surface area contributed by atoms with Gasteiger partial charge >= 0.3 is 18.0 Å². The summed E-state index contributed by atoms with van der Waals surface area (Å²) in [5.74, 6) is -1.25. The molecule has 9 nitrogen and oxygen atoms in total. The monoisotopic (exact) mass is 454 g/mol. The minimum atomic E-state index is -0.796. The van der Waals surface area contributed by atoms with Crippen molar-refractivity contribution in [2.75, 3.05) is 13.2 Å². The van der Waals surface area contributed by atoms with E-state index >= 15 is 0 Å². The summed E-state index contributed by atoms with van der Waals surface area (Å²) in [5, 5.41) is 13.3. The van der Waals surface area contributed by atoms with E-state index in [0.717, 1.165) is 5.39 Å². The molecule has 1 atom stereocenters. The molecule has 1 aliphatic heterocycles. The summed E-state index contributed by atoms with van der Waals surface area (Å²) in [7, 11) is 0. The third-order valence-electron chi connectivity index (χ3n) is 4.88. The van der Waals surface area contributed by atoms with Gasteiger partial charge in [0.1, 0.15) is 6.61 Å². The SMILES string of the molecule is CCOC(=O)C1=C(COC(=O)c2ccc3cn[nH]c3c2)NC(=O)NC1c1ccc(Cl)cc1. The third kappa shape index (κ3) is 4.42. The topological polar surface area (TPSA) is 122 Å². The molecule has 2 aromatic carbocycles. The van der Waals surface area contributed by atoms with E-state index in [1.54, 1.807) is 55.6 Å². The number of nitrogens with one attached hydrogen (secondary N) is 3. The number of hydrogen-bond donors (Lipinski definition) is 3. The molecule has 0 radical (unpaired) electrons. The number of rotatable bonds is 6. The summed E-state index contributed by atoms with van der Waals surface area (Å²) < 4.78 is 10.6. The van der Waals surface area contributed by atoms with Crippen molar-refractivity contribution in [2.45, 2.75) is 13.0 Å². The predicted molar refractivity (Wildman–Crippen MR) is 116 cm³/mol. The number of urea groups is 1. The lowest BCUT2D eigenvalue weighted by Crippen LogP contribution is -2.47. The van der Waals surface area contributed by atoms with Crippen molar-refractivity contribution in [3.63, 3.8) is 0 Å². The van der Waals surface area contributed by atoms with Crippen molar-refractivity contribution in [3.8, 4) is 0 Å². The number of nitrogens with zero attached hydrogens (tertiary/aromatic N) is 1. The van der Waals surface area contributed by atoms with Gasteiger partial charge in [0, 0.05) is 10.4 Å². The maximum absolute atomic E-state index is 12.7. The zero-order chi connectivity index (χ0) is 22.7. The Morgan fingerprint density at radius 2 is 1.88 bits per heavy atom. The number of benzene rings is 2. The van der Waals surface area contributed by atoms with Gasteiger partial charge in [-0.25, -0.2) is 14.4 Å². The number of amides is 2. The quantitative estimate of drug-likeness (QED) is 0.491. The minimum absolute atomic E-state index is 0.140. The molecule has 4 rings (SSSR count). The Morgan fingerprint density at radius 1 is 1.09 bits per heavy atom. The highest BCUT2D eigenvalue weighted by atomic mass is 35.5. The highest BCUT2D eigenvalue weighted by molar-refractivity contribution is 6.30. The number of H-pyrrole nitrogens is 1. The van der Waals surface area contributed by atoms with Crippen LogP contribution in [0.5, 0.6) is 0 Å². The lowest BCUT2D eigenvalue weighted by atomic mass is 9.95. The van der Waals surface area contributed by atoms with Gasteiger partial charge in [0.25, 0.3) is 0 Å². The third-order valence-corrected chi connectivity index (χ3v) is 5.13. The fourth-order valence-corrected chi connectivity index (χ4v) is 3.50. The Labute approximate surface area is 187 Å². The molecule has 0 spiro atoms. The number of esters is 2. The van der Waals surface area contributed by atoms with Crippen LogP contribution < -0.4 is 10.6 Å². The Balaban J connectivity index is 1.63. The minimum Gasteiger partial charge on any atom is -0.463 e. The zero-order valence-electron chi connectivity index (χ0n) is 17.0. The Hall–Kier alpha value is -3.85. The number of ether oxygens (including phenoxy) is 2. The highest BCUT2D eigenvalue weighted by Crippen LogP contribution is 2.29. The lowest BCUT2D eigenvalue weighted by Gasteiger charge is -2.29. The van der Waals surface area contributed by atoms with Gasteiger partial charge in [-0.1, -0.05) is 29.8 Å². The molecule has 2 amide bonds. The Kier molecular flexibility index (Phi) is 6.09. The summed E-state index contributed by atoms with van der Waals surface area (Å²) in [6.07, 6.45) is 1.64. The molecular weight excluding hydrogens is 436 g/mol. The molecule has 164 valence electrons. The number of fused-ring (bicyclic) bond motifs is 1. The average Bonchev–Trinajstić information content (AvgIpc) is 3.25. The first-order valence-electron chi connectivity index (χ1n) is 9.79. The van der Waals surface area contributed by atoms with Crippen LogP contribution in [-0.4, -0.2) is 41.4 Å². The van der Waals surface area contributed by atoms with Crippen LogP contribution in [0.2, 0.25) is 5.02 Å². The molecular formula is C22H19ClN4O5. The maximum Gasteiger partial charge on any atom is 0.338 e. The normalized spacial score (nSPS) is 15.8. The van der Waals surface area contributed by atoms with Crippen LogP contribution in [0.3, 0.4) is 0 Å². The van der Waals surface area contributed by atoms with Gasteiger partial charge in [0.15, 0.2) is 0 Å². The molecule has 0 saturated carbocycles. The number of halogens is 1. The second-order valence-corrected chi connectivity index (χ2v) is 7.38. The fourth-order valence-electron chi connectivity index (χ4n) is 3.37. The van der Waals surface area contributed by atoms with E-state index in [1.165, 1.54) is 0 Å². The molecule has 1 aromatic heterocycles. The van der Waals surface area contributed by atoms with Crippen molar-refractivity contribution >= 4 is 40.5 Å². The average molecular weight is 455 g/mol. The molecule has 0 aliphatic carbocycles. The number of carbonyl (C=O) groups is 3. The fraction of sp³-hybridized carbons (Fsp3) is 0.182. The largest absolute Gasteiger partial charge is 0.463 e. The van der Waals surface area contributed by atoms with Crippen molar-refractivity contribution in [1.29, 1.82) is 0 Å². The van der Waals surface area contributed by atoms with Crippen LogP contribution in [0.25, 0.3) is 10.9 Å². The van der Waals surface area contributed by atoms with Crippen molar-refractivity contribution in [3.05, 3.63) is 76.1 Å². The maximum atomic E-state index is 12.7. The second kappa shape index (κ2) is 9.11. The molecule has 1 unspecified atom stereocenters. The number of aromatic nitrogens is 2. The Morgan fingerprint density at radius 3 is 2.62 bits per heavy atom.